The maximum absolute atomic E-state index is 14.9. The van der Waals surface area contributed by atoms with Crippen molar-refractivity contribution in [1.82, 2.24) is 19.9 Å². The van der Waals surface area contributed by atoms with E-state index in [-0.39, 0.29) is 17.9 Å². The standard InChI is InChI=1S/C33H37F3N6O4S2/c1-19(2)30-40-28(21-8-10-23(35)26(15-21)41-48(44,45)27-16-22(34)9-11-24(27)36)29(47-30)25-12-13-37-31(39-25)38-17-20-7-6-14-42(18-20)32(43)46-33(3,4)5/h8-13,15-16,19-20,41H,6-7,14,17-18H2,1-5H3,(H,37,38,39). The van der Waals surface area contributed by atoms with Crippen LogP contribution in [0.3, 0.4) is 0 Å². The van der Waals surface area contributed by atoms with E-state index in [1.54, 1.807) is 17.2 Å². The minimum atomic E-state index is -4.68. The molecule has 48 heavy (non-hydrogen) atoms. The average Bonchev–Trinajstić information content (AvgIpc) is 3.48. The topological polar surface area (TPSA) is 126 Å². The number of hydrogen-bond acceptors (Lipinski definition) is 9. The van der Waals surface area contributed by atoms with Crippen molar-refractivity contribution < 1.29 is 31.1 Å². The van der Waals surface area contributed by atoms with Crippen LogP contribution < -0.4 is 10.0 Å². The Kier molecular flexibility index (Phi) is 10.3. The first-order chi connectivity index (χ1) is 22.6. The number of anilines is 2. The van der Waals surface area contributed by atoms with Crippen LogP contribution in [0.1, 0.15) is 58.4 Å². The van der Waals surface area contributed by atoms with E-state index in [1.165, 1.54) is 23.5 Å². The van der Waals surface area contributed by atoms with Crippen LogP contribution in [0.5, 0.6) is 0 Å². The van der Waals surface area contributed by atoms with E-state index in [4.69, 9.17) is 14.7 Å². The van der Waals surface area contributed by atoms with Crippen LogP contribution in [-0.2, 0) is 14.8 Å². The number of piperidine rings is 1. The summed E-state index contributed by atoms with van der Waals surface area (Å²) < 4.78 is 76.4. The summed E-state index contributed by atoms with van der Waals surface area (Å²) in [6, 6.07) is 7.51. The molecule has 0 radical (unpaired) electrons. The van der Waals surface area contributed by atoms with Crippen LogP contribution in [0.25, 0.3) is 21.8 Å². The Hall–Kier alpha value is -4.24. The second-order valence-corrected chi connectivity index (χ2v) is 15.5. The largest absolute Gasteiger partial charge is 0.444 e. The monoisotopic (exact) mass is 702 g/mol. The first kappa shape index (κ1) is 35.1. The summed E-state index contributed by atoms with van der Waals surface area (Å²) in [4.78, 5) is 27.9. The number of nitrogens with zero attached hydrogens (tertiary/aromatic N) is 4. The highest BCUT2D eigenvalue weighted by molar-refractivity contribution is 7.92. The number of hydrogen-bond donors (Lipinski definition) is 2. The van der Waals surface area contributed by atoms with Gasteiger partial charge in [0.1, 0.15) is 27.9 Å². The molecule has 15 heteroatoms. The fourth-order valence-corrected chi connectivity index (χ4v) is 7.33. The molecule has 2 aromatic heterocycles. The number of amides is 1. The number of likely N-dealkylation sites (tertiary alicyclic amines) is 1. The summed E-state index contributed by atoms with van der Waals surface area (Å²) in [6.45, 7) is 11.2. The summed E-state index contributed by atoms with van der Waals surface area (Å²) >= 11 is 1.39. The lowest BCUT2D eigenvalue weighted by Gasteiger charge is -2.34. The molecule has 0 aliphatic carbocycles. The van der Waals surface area contributed by atoms with Crippen molar-refractivity contribution in [3.05, 3.63) is 71.1 Å². The zero-order valence-electron chi connectivity index (χ0n) is 27.2. The average molecular weight is 703 g/mol. The highest BCUT2D eigenvalue weighted by atomic mass is 32.2. The van der Waals surface area contributed by atoms with Crippen molar-refractivity contribution in [2.75, 3.05) is 29.7 Å². The van der Waals surface area contributed by atoms with Crippen LogP contribution in [0.15, 0.2) is 53.6 Å². The highest BCUT2D eigenvalue weighted by Gasteiger charge is 2.28. The van der Waals surface area contributed by atoms with Crippen molar-refractivity contribution in [2.45, 2.75) is 63.9 Å². The number of nitrogens with one attached hydrogen (secondary N) is 2. The van der Waals surface area contributed by atoms with Gasteiger partial charge in [0.05, 0.1) is 27.0 Å². The summed E-state index contributed by atoms with van der Waals surface area (Å²) in [5, 5.41) is 4.06. The zero-order chi connectivity index (χ0) is 34.8. The summed E-state index contributed by atoms with van der Waals surface area (Å²) in [6.07, 6.45) is 3.05. The molecule has 4 aromatic rings. The van der Waals surface area contributed by atoms with Crippen molar-refractivity contribution >= 4 is 39.1 Å². The van der Waals surface area contributed by atoms with Crippen LogP contribution in [0.4, 0.5) is 29.6 Å². The number of rotatable bonds is 9. The number of carbonyl (C=O) groups excluding carboxylic acids is 1. The minimum Gasteiger partial charge on any atom is -0.444 e. The molecule has 0 saturated carbocycles. The number of thiazole rings is 1. The van der Waals surface area contributed by atoms with Gasteiger partial charge in [-0.05, 0) is 82.0 Å². The lowest BCUT2D eigenvalue weighted by atomic mass is 9.98. The summed E-state index contributed by atoms with van der Waals surface area (Å²) in [5.41, 5.74) is 0.321. The first-order valence-corrected chi connectivity index (χ1v) is 17.7. The van der Waals surface area contributed by atoms with Crippen LogP contribution in [0.2, 0.25) is 0 Å². The van der Waals surface area contributed by atoms with Crippen LogP contribution >= 0.6 is 11.3 Å². The van der Waals surface area contributed by atoms with Gasteiger partial charge in [0.25, 0.3) is 10.0 Å². The van der Waals surface area contributed by atoms with Crippen molar-refractivity contribution in [3.63, 3.8) is 0 Å². The smallest absolute Gasteiger partial charge is 0.410 e. The number of benzene rings is 2. The van der Waals surface area contributed by atoms with E-state index in [2.05, 4.69) is 10.3 Å². The lowest BCUT2D eigenvalue weighted by Crippen LogP contribution is -2.44. The van der Waals surface area contributed by atoms with Crippen LogP contribution in [-0.4, -0.2) is 59.6 Å². The number of aromatic nitrogens is 3. The third kappa shape index (κ3) is 8.42. The molecule has 1 amide bonds. The van der Waals surface area contributed by atoms with E-state index in [0.29, 0.717) is 59.5 Å². The summed E-state index contributed by atoms with van der Waals surface area (Å²) in [5.74, 6) is -2.48. The molecule has 2 N–H and O–H groups in total. The van der Waals surface area contributed by atoms with E-state index >= 15 is 0 Å². The van der Waals surface area contributed by atoms with Gasteiger partial charge < -0.3 is 15.0 Å². The number of ether oxygens (including phenoxy) is 1. The second kappa shape index (κ2) is 14.1. The Balaban J connectivity index is 1.39. The zero-order valence-corrected chi connectivity index (χ0v) is 28.8. The molecule has 1 aliphatic heterocycles. The Morgan fingerprint density at radius 2 is 1.83 bits per heavy atom. The van der Waals surface area contributed by atoms with E-state index in [1.807, 2.05) is 39.3 Å². The predicted octanol–water partition coefficient (Wildman–Crippen LogP) is 7.67. The Morgan fingerprint density at radius 1 is 1.08 bits per heavy atom. The van der Waals surface area contributed by atoms with Gasteiger partial charge in [0.15, 0.2) is 0 Å². The quantitative estimate of drug-likeness (QED) is 0.182. The second-order valence-electron chi connectivity index (χ2n) is 12.8. The molecule has 0 bridgehead atoms. The van der Waals surface area contributed by atoms with Crippen LogP contribution in [0, 0.1) is 23.4 Å². The SMILES string of the molecule is CC(C)c1nc(-c2ccc(F)c(NS(=O)(=O)c3cc(F)ccc3F)c2)c(-c2ccnc(NCC3CCCN(C(=O)OC(C)(C)C)C3)n2)s1. The van der Waals surface area contributed by atoms with E-state index in [9.17, 15) is 26.4 Å². The third-order valence-corrected chi connectivity index (χ3v) is 10.2. The van der Waals surface area contributed by atoms with Gasteiger partial charge in [0, 0.05) is 37.3 Å². The van der Waals surface area contributed by atoms with Gasteiger partial charge in [0.2, 0.25) is 5.95 Å². The van der Waals surface area contributed by atoms with Gasteiger partial charge in [-0.1, -0.05) is 13.8 Å². The van der Waals surface area contributed by atoms with Gasteiger partial charge in [-0.25, -0.2) is 41.3 Å². The fourth-order valence-electron chi connectivity index (χ4n) is 5.12. The van der Waals surface area contributed by atoms with Gasteiger partial charge in [-0.2, -0.15) is 0 Å². The molecule has 1 saturated heterocycles. The maximum Gasteiger partial charge on any atom is 0.410 e. The van der Waals surface area contributed by atoms with E-state index in [0.717, 1.165) is 30.0 Å². The normalized spacial score (nSPS) is 15.4. The molecule has 10 nitrogen and oxygen atoms in total. The fraction of sp³-hybridized carbons (Fsp3) is 0.394. The lowest BCUT2D eigenvalue weighted by molar-refractivity contribution is 0.0172. The molecule has 2 aromatic carbocycles. The Morgan fingerprint density at radius 3 is 2.56 bits per heavy atom. The van der Waals surface area contributed by atoms with Crippen molar-refractivity contribution in [3.8, 4) is 21.8 Å². The van der Waals surface area contributed by atoms with E-state index < -0.39 is 43.7 Å². The van der Waals surface area contributed by atoms with Gasteiger partial charge >= 0.3 is 6.09 Å². The first-order valence-electron chi connectivity index (χ1n) is 15.4. The maximum atomic E-state index is 14.9. The highest BCUT2D eigenvalue weighted by Crippen LogP contribution is 2.40. The number of halogens is 3. The van der Waals surface area contributed by atoms with Gasteiger partial charge in [-0.3, -0.25) is 4.72 Å². The molecule has 256 valence electrons. The number of sulfonamides is 1. The Labute approximate surface area is 281 Å². The molecule has 1 atom stereocenters. The Bertz CT molecular complexity index is 1910. The molecule has 5 rings (SSSR count). The molecule has 1 fully saturated rings. The van der Waals surface area contributed by atoms with Gasteiger partial charge in [-0.15, -0.1) is 11.3 Å². The summed E-state index contributed by atoms with van der Waals surface area (Å²) in [7, 11) is -4.68. The molecule has 1 unspecified atom stereocenters. The molecule has 3 heterocycles. The number of carbonyl (C=O) groups is 1. The van der Waals surface area contributed by atoms with Crippen molar-refractivity contribution in [1.29, 1.82) is 0 Å². The molecular weight excluding hydrogens is 666 g/mol. The minimum absolute atomic E-state index is 0.0375. The predicted molar refractivity (Wildman–Crippen MR) is 179 cm³/mol. The third-order valence-electron chi connectivity index (χ3n) is 7.41. The molecule has 0 spiro atoms. The molecule has 1 aliphatic rings. The van der Waals surface area contributed by atoms with Crippen molar-refractivity contribution in [2.24, 2.45) is 5.92 Å². The molecular formula is C33H37F3N6O4S2.